The predicted octanol–water partition coefficient (Wildman–Crippen LogP) is 3.25. The maximum absolute atomic E-state index is 11.8. The Morgan fingerprint density at radius 3 is 2.32 bits per heavy atom. The summed E-state index contributed by atoms with van der Waals surface area (Å²) in [7, 11) is 3.21. The van der Waals surface area contributed by atoms with Crippen molar-refractivity contribution in [1.82, 2.24) is 4.98 Å². The van der Waals surface area contributed by atoms with Gasteiger partial charge in [-0.25, -0.2) is 9.78 Å². The highest BCUT2D eigenvalue weighted by Crippen LogP contribution is 2.33. The zero-order chi connectivity index (χ0) is 16.1. The number of carbonyl (C=O) groups excluding carboxylic acids is 1. The van der Waals surface area contributed by atoms with Crippen LogP contribution in [0.15, 0.2) is 30.3 Å². The van der Waals surface area contributed by atoms with Gasteiger partial charge in [-0.3, -0.25) is 0 Å². The third-order valence-corrected chi connectivity index (χ3v) is 3.28. The molecule has 0 atom stereocenters. The fourth-order valence-corrected chi connectivity index (χ4v) is 2.15. The van der Waals surface area contributed by atoms with Crippen molar-refractivity contribution in [1.29, 1.82) is 0 Å². The third-order valence-electron chi connectivity index (χ3n) is 3.28. The number of pyridine rings is 1. The van der Waals surface area contributed by atoms with Crippen LogP contribution in [0.4, 0.5) is 0 Å². The molecule has 0 aliphatic rings. The molecule has 0 aliphatic carbocycles. The van der Waals surface area contributed by atoms with Crippen molar-refractivity contribution in [3.8, 4) is 22.8 Å². The fourth-order valence-electron chi connectivity index (χ4n) is 2.15. The molecule has 116 valence electrons. The van der Waals surface area contributed by atoms with Gasteiger partial charge in [0.05, 0.1) is 26.5 Å². The van der Waals surface area contributed by atoms with Crippen LogP contribution in [0.2, 0.25) is 0 Å². The first-order chi connectivity index (χ1) is 10.6. The van der Waals surface area contributed by atoms with Gasteiger partial charge in [-0.1, -0.05) is 6.07 Å². The van der Waals surface area contributed by atoms with Crippen LogP contribution in [0.1, 0.15) is 23.0 Å². The van der Waals surface area contributed by atoms with E-state index in [-0.39, 0.29) is 5.69 Å². The molecule has 1 aromatic heterocycles. The molecule has 22 heavy (non-hydrogen) atoms. The second kappa shape index (κ2) is 6.93. The Bertz CT molecular complexity index is 657. The second-order valence-electron chi connectivity index (χ2n) is 4.63. The average Bonchev–Trinajstić information content (AvgIpc) is 2.55. The van der Waals surface area contributed by atoms with Gasteiger partial charge in [0.2, 0.25) is 0 Å². The van der Waals surface area contributed by atoms with E-state index in [1.165, 1.54) is 0 Å². The summed E-state index contributed by atoms with van der Waals surface area (Å²) in [5.74, 6) is 0.978. The van der Waals surface area contributed by atoms with Crippen molar-refractivity contribution in [2.24, 2.45) is 0 Å². The zero-order valence-electron chi connectivity index (χ0n) is 13.2. The number of hydrogen-bond donors (Lipinski definition) is 0. The van der Waals surface area contributed by atoms with Crippen molar-refractivity contribution >= 4 is 5.97 Å². The standard InChI is InChI=1S/C17H19NO4/c1-5-22-17(19)14-8-6-7-13(18-14)12-9-15(20-3)11(2)16(10-12)21-4/h6-10H,5H2,1-4H3. The lowest BCUT2D eigenvalue weighted by Gasteiger charge is -2.12. The second-order valence-corrected chi connectivity index (χ2v) is 4.63. The van der Waals surface area contributed by atoms with E-state index in [4.69, 9.17) is 14.2 Å². The van der Waals surface area contributed by atoms with E-state index in [2.05, 4.69) is 4.98 Å². The van der Waals surface area contributed by atoms with E-state index in [0.29, 0.717) is 23.8 Å². The number of methoxy groups -OCH3 is 2. The minimum atomic E-state index is -0.435. The van der Waals surface area contributed by atoms with Crippen LogP contribution in [0.25, 0.3) is 11.3 Å². The number of nitrogens with zero attached hydrogens (tertiary/aromatic N) is 1. The highest BCUT2D eigenvalue weighted by Gasteiger charge is 2.13. The number of ether oxygens (including phenoxy) is 3. The lowest BCUT2D eigenvalue weighted by molar-refractivity contribution is 0.0519. The Morgan fingerprint density at radius 1 is 1.14 bits per heavy atom. The Hall–Kier alpha value is -2.56. The lowest BCUT2D eigenvalue weighted by Crippen LogP contribution is -2.07. The maximum Gasteiger partial charge on any atom is 0.356 e. The van der Waals surface area contributed by atoms with E-state index in [9.17, 15) is 4.79 Å². The van der Waals surface area contributed by atoms with Crippen molar-refractivity contribution in [2.75, 3.05) is 20.8 Å². The maximum atomic E-state index is 11.8. The zero-order valence-corrected chi connectivity index (χ0v) is 13.2. The first-order valence-corrected chi connectivity index (χ1v) is 6.97. The molecular formula is C17H19NO4. The molecule has 1 aromatic carbocycles. The molecule has 0 saturated heterocycles. The van der Waals surface area contributed by atoms with Crippen LogP contribution in [0, 0.1) is 6.92 Å². The fraction of sp³-hybridized carbons (Fsp3) is 0.294. The summed E-state index contributed by atoms with van der Waals surface area (Å²) in [5, 5.41) is 0. The molecule has 0 radical (unpaired) electrons. The first kappa shape index (κ1) is 15.8. The number of rotatable bonds is 5. The van der Waals surface area contributed by atoms with Crippen LogP contribution >= 0.6 is 0 Å². The largest absolute Gasteiger partial charge is 0.496 e. The number of carbonyl (C=O) groups is 1. The van der Waals surface area contributed by atoms with Crippen molar-refractivity contribution in [3.63, 3.8) is 0 Å². The molecule has 2 aromatic rings. The molecule has 0 unspecified atom stereocenters. The quantitative estimate of drug-likeness (QED) is 0.793. The molecule has 0 saturated carbocycles. The number of hydrogen-bond acceptors (Lipinski definition) is 5. The molecule has 0 N–H and O–H groups in total. The molecule has 5 heteroatoms. The summed E-state index contributed by atoms with van der Waals surface area (Å²) in [4.78, 5) is 16.2. The van der Waals surface area contributed by atoms with Crippen LogP contribution < -0.4 is 9.47 Å². The van der Waals surface area contributed by atoms with Gasteiger partial charge >= 0.3 is 5.97 Å². The molecule has 0 bridgehead atoms. The summed E-state index contributed by atoms with van der Waals surface area (Å²) >= 11 is 0. The average molecular weight is 301 g/mol. The Balaban J connectivity index is 2.48. The first-order valence-electron chi connectivity index (χ1n) is 6.97. The molecule has 1 heterocycles. The molecule has 5 nitrogen and oxygen atoms in total. The number of aromatic nitrogens is 1. The molecule has 2 rings (SSSR count). The Kier molecular flexibility index (Phi) is 4.99. The molecule has 0 aliphatic heterocycles. The SMILES string of the molecule is CCOC(=O)c1cccc(-c2cc(OC)c(C)c(OC)c2)n1. The van der Waals surface area contributed by atoms with E-state index >= 15 is 0 Å². The minimum absolute atomic E-state index is 0.276. The van der Waals surface area contributed by atoms with Crippen molar-refractivity contribution in [3.05, 3.63) is 41.6 Å². The van der Waals surface area contributed by atoms with Gasteiger partial charge in [0, 0.05) is 11.1 Å². The van der Waals surface area contributed by atoms with Gasteiger partial charge in [0.25, 0.3) is 0 Å². The van der Waals surface area contributed by atoms with E-state index in [0.717, 1.165) is 11.1 Å². The molecule has 0 fully saturated rings. The predicted molar refractivity (Wildman–Crippen MR) is 83.5 cm³/mol. The summed E-state index contributed by atoms with van der Waals surface area (Å²) in [6.45, 7) is 4.00. The van der Waals surface area contributed by atoms with Gasteiger partial charge in [-0.2, -0.15) is 0 Å². The van der Waals surface area contributed by atoms with Crippen LogP contribution in [-0.2, 0) is 4.74 Å². The molecular weight excluding hydrogens is 282 g/mol. The normalized spacial score (nSPS) is 10.2. The van der Waals surface area contributed by atoms with Gasteiger partial charge in [-0.15, -0.1) is 0 Å². The van der Waals surface area contributed by atoms with E-state index < -0.39 is 5.97 Å². The highest BCUT2D eigenvalue weighted by molar-refractivity contribution is 5.88. The monoisotopic (exact) mass is 301 g/mol. The van der Waals surface area contributed by atoms with Crippen LogP contribution in [0.5, 0.6) is 11.5 Å². The number of benzene rings is 1. The van der Waals surface area contributed by atoms with E-state index in [1.54, 1.807) is 33.3 Å². The Morgan fingerprint density at radius 2 is 1.77 bits per heavy atom. The topological polar surface area (TPSA) is 57.7 Å². The Labute approximate surface area is 129 Å². The van der Waals surface area contributed by atoms with Gasteiger partial charge in [-0.05, 0) is 38.1 Å². The van der Waals surface area contributed by atoms with Crippen molar-refractivity contribution in [2.45, 2.75) is 13.8 Å². The third kappa shape index (κ3) is 3.19. The summed E-state index contributed by atoms with van der Waals surface area (Å²) < 4.78 is 15.7. The molecule has 0 amide bonds. The van der Waals surface area contributed by atoms with Crippen molar-refractivity contribution < 1.29 is 19.0 Å². The lowest BCUT2D eigenvalue weighted by atomic mass is 10.1. The van der Waals surface area contributed by atoms with Gasteiger partial charge in [0.1, 0.15) is 17.2 Å². The summed E-state index contributed by atoms with van der Waals surface area (Å²) in [6, 6.07) is 8.97. The summed E-state index contributed by atoms with van der Waals surface area (Å²) in [6.07, 6.45) is 0. The highest BCUT2D eigenvalue weighted by atomic mass is 16.5. The smallest absolute Gasteiger partial charge is 0.356 e. The summed E-state index contributed by atoms with van der Waals surface area (Å²) in [5.41, 5.74) is 2.65. The van der Waals surface area contributed by atoms with Crippen LogP contribution in [-0.4, -0.2) is 31.8 Å². The van der Waals surface area contributed by atoms with Gasteiger partial charge < -0.3 is 14.2 Å². The van der Waals surface area contributed by atoms with Crippen LogP contribution in [0.3, 0.4) is 0 Å². The molecule has 0 spiro atoms. The minimum Gasteiger partial charge on any atom is -0.496 e. The van der Waals surface area contributed by atoms with E-state index in [1.807, 2.05) is 25.1 Å². The number of esters is 1. The van der Waals surface area contributed by atoms with Gasteiger partial charge in [0.15, 0.2) is 0 Å².